The molecule has 3 rings (SSSR count). The Morgan fingerprint density at radius 3 is 2.57 bits per heavy atom. The molecular formula is C17H16Cl2N2. The molecule has 1 heterocycles. The quantitative estimate of drug-likeness (QED) is 0.602. The van der Waals surface area contributed by atoms with Gasteiger partial charge in [0.2, 0.25) is 0 Å². The SMILES string of the molecule is CC(Cl)c1nc2cccc(Cl)c2n1CCc1ccccc1. The van der Waals surface area contributed by atoms with Gasteiger partial charge in [0.15, 0.2) is 0 Å². The van der Waals surface area contributed by atoms with Crippen LogP contribution >= 0.6 is 23.2 Å². The number of nitrogens with zero attached hydrogens (tertiary/aromatic N) is 2. The summed E-state index contributed by atoms with van der Waals surface area (Å²) in [7, 11) is 0. The van der Waals surface area contributed by atoms with Crippen molar-refractivity contribution in [1.29, 1.82) is 0 Å². The Bertz CT molecular complexity index is 748. The first-order chi connectivity index (χ1) is 10.2. The van der Waals surface area contributed by atoms with E-state index in [-0.39, 0.29) is 5.38 Å². The Balaban J connectivity index is 2.01. The molecule has 21 heavy (non-hydrogen) atoms. The molecule has 1 unspecified atom stereocenters. The van der Waals surface area contributed by atoms with Crippen molar-refractivity contribution < 1.29 is 0 Å². The highest BCUT2D eigenvalue weighted by atomic mass is 35.5. The molecule has 0 N–H and O–H groups in total. The second-order valence-electron chi connectivity index (χ2n) is 5.08. The van der Waals surface area contributed by atoms with Gasteiger partial charge in [-0.3, -0.25) is 0 Å². The zero-order valence-corrected chi connectivity index (χ0v) is 13.3. The van der Waals surface area contributed by atoms with Crippen LogP contribution in [0, 0.1) is 0 Å². The van der Waals surface area contributed by atoms with E-state index in [1.165, 1.54) is 5.56 Å². The number of rotatable bonds is 4. The molecule has 1 aromatic heterocycles. The lowest BCUT2D eigenvalue weighted by atomic mass is 10.1. The normalized spacial score (nSPS) is 12.7. The van der Waals surface area contributed by atoms with Crippen LogP contribution in [0.25, 0.3) is 11.0 Å². The van der Waals surface area contributed by atoms with Gasteiger partial charge in [0.25, 0.3) is 0 Å². The van der Waals surface area contributed by atoms with E-state index in [2.05, 4.69) is 33.8 Å². The third kappa shape index (κ3) is 2.92. The fraction of sp³-hybridized carbons (Fsp3) is 0.235. The summed E-state index contributed by atoms with van der Waals surface area (Å²) in [5.41, 5.74) is 3.16. The minimum absolute atomic E-state index is 0.149. The van der Waals surface area contributed by atoms with Gasteiger partial charge in [0.05, 0.1) is 21.4 Å². The molecule has 1 atom stereocenters. The Morgan fingerprint density at radius 2 is 1.86 bits per heavy atom. The number of aromatic nitrogens is 2. The molecule has 0 bridgehead atoms. The standard InChI is InChI=1S/C17H16Cl2N2/c1-12(18)17-20-15-9-5-8-14(19)16(15)21(17)11-10-13-6-3-2-4-7-13/h2-9,12H,10-11H2,1H3. The van der Waals surface area contributed by atoms with Crippen LogP contribution in [0.2, 0.25) is 5.02 Å². The predicted octanol–water partition coefficient (Wildman–Crippen LogP) is 5.23. The average molecular weight is 319 g/mol. The largest absolute Gasteiger partial charge is 0.325 e. The maximum absolute atomic E-state index is 6.36. The molecule has 108 valence electrons. The van der Waals surface area contributed by atoms with Crippen LogP contribution < -0.4 is 0 Å². The fourth-order valence-corrected chi connectivity index (χ4v) is 3.01. The van der Waals surface area contributed by atoms with Crippen LogP contribution in [0.5, 0.6) is 0 Å². The van der Waals surface area contributed by atoms with E-state index in [1.54, 1.807) is 0 Å². The van der Waals surface area contributed by atoms with Gasteiger partial charge in [-0.05, 0) is 31.0 Å². The summed E-state index contributed by atoms with van der Waals surface area (Å²) in [5, 5.41) is 0.570. The van der Waals surface area contributed by atoms with Crippen molar-refractivity contribution in [3.05, 3.63) is 64.9 Å². The van der Waals surface area contributed by atoms with Crippen LogP contribution in [0.4, 0.5) is 0 Å². The monoisotopic (exact) mass is 318 g/mol. The second kappa shape index (κ2) is 6.08. The predicted molar refractivity (Wildman–Crippen MR) is 89.2 cm³/mol. The van der Waals surface area contributed by atoms with Crippen molar-refractivity contribution in [2.45, 2.75) is 25.3 Å². The lowest BCUT2D eigenvalue weighted by molar-refractivity contribution is 0.668. The van der Waals surface area contributed by atoms with Crippen molar-refractivity contribution >= 4 is 34.2 Å². The fourth-order valence-electron chi connectivity index (χ4n) is 2.58. The van der Waals surface area contributed by atoms with Gasteiger partial charge in [-0.15, -0.1) is 11.6 Å². The van der Waals surface area contributed by atoms with Crippen molar-refractivity contribution in [2.24, 2.45) is 0 Å². The second-order valence-corrected chi connectivity index (χ2v) is 6.14. The van der Waals surface area contributed by atoms with Crippen LogP contribution in [-0.4, -0.2) is 9.55 Å². The molecule has 0 amide bonds. The molecule has 4 heteroatoms. The number of halogens is 2. The van der Waals surface area contributed by atoms with E-state index < -0.39 is 0 Å². The molecule has 0 saturated carbocycles. The molecule has 0 radical (unpaired) electrons. The first-order valence-electron chi connectivity index (χ1n) is 6.99. The van der Waals surface area contributed by atoms with Crippen LogP contribution in [0.1, 0.15) is 23.7 Å². The summed E-state index contributed by atoms with van der Waals surface area (Å²) in [5.74, 6) is 0.871. The maximum atomic E-state index is 6.36. The molecule has 0 aliphatic rings. The third-order valence-electron chi connectivity index (χ3n) is 3.57. The summed E-state index contributed by atoms with van der Waals surface area (Å²) in [6, 6.07) is 16.2. The van der Waals surface area contributed by atoms with Crippen molar-refractivity contribution in [1.82, 2.24) is 9.55 Å². The van der Waals surface area contributed by atoms with Gasteiger partial charge >= 0.3 is 0 Å². The van der Waals surface area contributed by atoms with E-state index >= 15 is 0 Å². The first kappa shape index (κ1) is 14.4. The van der Waals surface area contributed by atoms with Crippen molar-refractivity contribution in [2.75, 3.05) is 0 Å². The van der Waals surface area contributed by atoms with Gasteiger partial charge in [-0.25, -0.2) is 4.98 Å². The highest BCUT2D eigenvalue weighted by Crippen LogP contribution is 2.29. The molecule has 0 saturated heterocycles. The number of alkyl halides is 1. The average Bonchev–Trinajstić information content (AvgIpc) is 2.86. The maximum Gasteiger partial charge on any atom is 0.127 e. The number of benzene rings is 2. The Labute approximate surface area is 134 Å². The number of imidazole rings is 1. The van der Waals surface area contributed by atoms with E-state index in [4.69, 9.17) is 23.2 Å². The minimum Gasteiger partial charge on any atom is -0.325 e. The summed E-state index contributed by atoms with van der Waals surface area (Å²) in [6.45, 7) is 2.76. The Kier molecular flexibility index (Phi) is 4.18. The van der Waals surface area contributed by atoms with Gasteiger partial charge in [-0.1, -0.05) is 48.0 Å². The number of hydrogen-bond donors (Lipinski definition) is 0. The number of hydrogen-bond acceptors (Lipinski definition) is 1. The molecule has 0 fully saturated rings. The number of fused-ring (bicyclic) bond motifs is 1. The van der Waals surface area contributed by atoms with Gasteiger partial charge in [0.1, 0.15) is 5.82 Å². The number of aryl methyl sites for hydroxylation is 2. The molecule has 2 aromatic carbocycles. The first-order valence-corrected chi connectivity index (χ1v) is 7.81. The van der Waals surface area contributed by atoms with Crippen LogP contribution in [0.3, 0.4) is 0 Å². The van der Waals surface area contributed by atoms with Gasteiger partial charge in [0, 0.05) is 6.54 Å². The highest BCUT2D eigenvalue weighted by molar-refractivity contribution is 6.35. The number of para-hydroxylation sites is 1. The zero-order chi connectivity index (χ0) is 14.8. The Hall–Kier alpha value is -1.51. The molecule has 0 spiro atoms. The van der Waals surface area contributed by atoms with Crippen molar-refractivity contribution in [3.63, 3.8) is 0 Å². The van der Waals surface area contributed by atoms with E-state index in [0.29, 0.717) is 0 Å². The third-order valence-corrected chi connectivity index (χ3v) is 4.07. The van der Waals surface area contributed by atoms with Crippen LogP contribution in [-0.2, 0) is 13.0 Å². The molecule has 0 aliphatic carbocycles. The lowest BCUT2D eigenvalue weighted by Gasteiger charge is -2.11. The smallest absolute Gasteiger partial charge is 0.127 e. The molecule has 2 nitrogen and oxygen atoms in total. The zero-order valence-electron chi connectivity index (χ0n) is 11.8. The topological polar surface area (TPSA) is 17.8 Å². The summed E-state index contributed by atoms with van der Waals surface area (Å²) < 4.78 is 2.14. The lowest BCUT2D eigenvalue weighted by Crippen LogP contribution is -2.07. The van der Waals surface area contributed by atoms with Gasteiger partial charge in [-0.2, -0.15) is 0 Å². The van der Waals surface area contributed by atoms with E-state index in [9.17, 15) is 0 Å². The Morgan fingerprint density at radius 1 is 1.10 bits per heavy atom. The van der Waals surface area contributed by atoms with E-state index in [0.717, 1.165) is 34.8 Å². The molecule has 3 aromatic rings. The minimum atomic E-state index is -0.149. The molecular weight excluding hydrogens is 303 g/mol. The van der Waals surface area contributed by atoms with Crippen LogP contribution in [0.15, 0.2) is 48.5 Å². The summed E-state index contributed by atoms with van der Waals surface area (Å²) >= 11 is 12.6. The summed E-state index contributed by atoms with van der Waals surface area (Å²) in [6.07, 6.45) is 0.925. The van der Waals surface area contributed by atoms with Crippen molar-refractivity contribution in [3.8, 4) is 0 Å². The summed E-state index contributed by atoms with van der Waals surface area (Å²) in [4.78, 5) is 4.63. The highest BCUT2D eigenvalue weighted by Gasteiger charge is 2.16. The van der Waals surface area contributed by atoms with Gasteiger partial charge < -0.3 is 4.57 Å². The van der Waals surface area contributed by atoms with E-state index in [1.807, 2.05) is 31.2 Å². The molecule has 0 aliphatic heterocycles.